The number of Topliss-reactive ketones (excluding diaryl/α,β-unsaturated/α-hetero) is 1. The minimum atomic E-state index is -0.417. The van der Waals surface area contributed by atoms with Crippen LogP contribution < -0.4 is 4.74 Å². The number of hydrogen-bond acceptors (Lipinski definition) is 5. The molecular formula is C19H24O5. The highest BCUT2D eigenvalue weighted by molar-refractivity contribution is 5.81. The molecule has 4 atom stereocenters. The van der Waals surface area contributed by atoms with Crippen LogP contribution in [-0.2, 0) is 19.0 Å². The monoisotopic (exact) mass is 332 g/mol. The molecule has 0 spiro atoms. The van der Waals surface area contributed by atoms with Crippen molar-refractivity contribution in [2.45, 2.75) is 44.9 Å². The Morgan fingerprint density at radius 1 is 1.21 bits per heavy atom. The molecule has 5 heteroatoms. The molecule has 1 fully saturated rings. The Bertz CT molecular complexity index is 592. The number of methoxy groups -OCH3 is 1. The number of ether oxygens (including phenoxy) is 4. The highest BCUT2D eigenvalue weighted by Gasteiger charge is 2.36. The van der Waals surface area contributed by atoms with Crippen molar-refractivity contribution in [2.75, 3.05) is 13.7 Å². The van der Waals surface area contributed by atoms with Gasteiger partial charge in [-0.3, -0.25) is 4.79 Å². The zero-order chi connectivity index (χ0) is 17.1. The molecule has 0 N–H and O–H groups in total. The van der Waals surface area contributed by atoms with Gasteiger partial charge in [0.25, 0.3) is 0 Å². The SMILES string of the molecule is COc1ccc(C2OCC3OC(CC(=O)C(C)C)C=CC3O2)cc1. The highest BCUT2D eigenvalue weighted by atomic mass is 16.7. The van der Waals surface area contributed by atoms with E-state index in [2.05, 4.69) is 0 Å². The molecule has 1 aromatic carbocycles. The molecule has 0 bridgehead atoms. The topological polar surface area (TPSA) is 54.0 Å². The van der Waals surface area contributed by atoms with Crippen LogP contribution in [0.2, 0.25) is 0 Å². The van der Waals surface area contributed by atoms with Crippen LogP contribution in [0.15, 0.2) is 36.4 Å². The van der Waals surface area contributed by atoms with E-state index in [1.54, 1.807) is 7.11 Å². The summed E-state index contributed by atoms with van der Waals surface area (Å²) in [6.07, 6.45) is 3.39. The first-order valence-corrected chi connectivity index (χ1v) is 8.34. The second kappa shape index (κ2) is 7.47. The fourth-order valence-electron chi connectivity index (χ4n) is 2.82. The van der Waals surface area contributed by atoms with E-state index in [0.29, 0.717) is 13.0 Å². The average molecular weight is 332 g/mol. The molecule has 3 rings (SSSR count). The third-order valence-corrected chi connectivity index (χ3v) is 4.36. The quantitative estimate of drug-likeness (QED) is 0.776. The Hall–Kier alpha value is -1.69. The number of hydrogen-bond donors (Lipinski definition) is 0. The molecule has 2 heterocycles. The van der Waals surface area contributed by atoms with Gasteiger partial charge in [-0.2, -0.15) is 0 Å². The van der Waals surface area contributed by atoms with Crippen LogP contribution >= 0.6 is 0 Å². The summed E-state index contributed by atoms with van der Waals surface area (Å²) < 4.78 is 22.9. The van der Waals surface area contributed by atoms with Gasteiger partial charge in [0.15, 0.2) is 6.29 Å². The minimum Gasteiger partial charge on any atom is -0.497 e. The van der Waals surface area contributed by atoms with Crippen LogP contribution in [0.5, 0.6) is 5.75 Å². The summed E-state index contributed by atoms with van der Waals surface area (Å²) in [5.41, 5.74) is 0.944. The van der Waals surface area contributed by atoms with Gasteiger partial charge < -0.3 is 18.9 Å². The number of benzene rings is 1. The van der Waals surface area contributed by atoms with Crippen molar-refractivity contribution < 1.29 is 23.7 Å². The summed E-state index contributed by atoms with van der Waals surface area (Å²) in [4.78, 5) is 11.9. The van der Waals surface area contributed by atoms with Crippen molar-refractivity contribution >= 4 is 5.78 Å². The van der Waals surface area contributed by atoms with Crippen LogP contribution in [0.4, 0.5) is 0 Å². The van der Waals surface area contributed by atoms with Crippen LogP contribution in [0.1, 0.15) is 32.1 Å². The summed E-state index contributed by atoms with van der Waals surface area (Å²) in [6, 6.07) is 7.63. The predicted molar refractivity (Wildman–Crippen MR) is 88.8 cm³/mol. The molecular weight excluding hydrogens is 308 g/mol. The number of carbonyl (C=O) groups is 1. The summed E-state index contributed by atoms with van der Waals surface area (Å²) >= 11 is 0. The van der Waals surface area contributed by atoms with Crippen LogP contribution in [0.25, 0.3) is 0 Å². The van der Waals surface area contributed by atoms with Gasteiger partial charge in [0.1, 0.15) is 23.7 Å². The van der Waals surface area contributed by atoms with E-state index in [1.807, 2.05) is 50.3 Å². The largest absolute Gasteiger partial charge is 0.497 e. The standard InChI is InChI=1S/C19H24O5/c1-12(2)16(20)10-15-8-9-17-18(23-15)11-22-19(24-17)13-4-6-14(21-3)7-5-13/h4-9,12,15,17-19H,10-11H2,1-3H3. The molecule has 0 radical (unpaired) electrons. The van der Waals surface area contributed by atoms with E-state index in [0.717, 1.165) is 11.3 Å². The van der Waals surface area contributed by atoms with E-state index in [9.17, 15) is 4.79 Å². The molecule has 24 heavy (non-hydrogen) atoms. The van der Waals surface area contributed by atoms with E-state index in [-0.39, 0.29) is 30.0 Å². The lowest BCUT2D eigenvalue weighted by Crippen LogP contribution is -2.45. The smallest absolute Gasteiger partial charge is 0.184 e. The fourth-order valence-corrected chi connectivity index (χ4v) is 2.82. The molecule has 0 amide bonds. The lowest BCUT2D eigenvalue weighted by Gasteiger charge is -2.39. The lowest BCUT2D eigenvalue weighted by atomic mass is 9.99. The first-order chi connectivity index (χ1) is 11.6. The maximum absolute atomic E-state index is 11.9. The van der Waals surface area contributed by atoms with Gasteiger partial charge >= 0.3 is 0 Å². The van der Waals surface area contributed by atoms with Gasteiger partial charge in [0.2, 0.25) is 0 Å². The summed E-state index contributed by atoms with van der Waals surface area (Å²) in [6.45, 7) is 4.26. The Labute approximate surface area is 142 Å². The van der Waals surface area contributed by atoms with E-state index >= 15 is 0 Å². The maximum Gasteiger partial charge on any atom is 0.184 e. The average Bonchev–Trinajstić information content (AvgIpc) is 2.61. The Kier molecular flexibility index (Phi) is 5.33. The van der Waals surface area contributed by atoms with Crippen molar-refractivity contribution in [1.29, 1.82) is 0 Å². The molecule has 1 saturated heterocycles. The van der Waals surface area contributed by atoms with Crippen molar-refractivity contribution in [3.63, 3.8) is 0 Å². The van der Waals surface area contributed by atoms with E-state index < -0.39 is 6.29 Å². The first-order valence-electron chi connectivity index (χ1n) is 8.34. The van der Waals surface area contributed by atoms with Crippen LogP contribution in [0, 0.1) is 5.92 Å². The number of ketones is 1. The summed E-state index contributed by atoms with van der Waals surface area (Å²) in [7, 11) is 1.64. The number of fused-ring (bicyclic) bond motifs is 1. The summed E-state index contributed by atoms with van der Waals surface area (Å²) in [5.74, 6) is 1.03. The molecule has 5 nitrogen and oxygen atoms in total. The molecule has 2 aliphatic heterocycles. The molecule has 0 aromatic heterocycles. The molecule has 1 aromatic rings. The van der Waals surface area contributed by atoms with Gasteiger partial charge in [-0.1, -0.05) is 38.1 Å². The normalized spacial score (nSPS) is 29.3. The molecule has 0 aliphatic carbocycles. The predicted octanol–water partition coefficient (Wildman–Crippen LogP) is 3.05. The second-order valence-electron chi connectivity index (χ2n) is 6.46. The third-order valence-electron chi connectivity index (χ3n) is 4.36. The van der Waals surface area contributed by atoms with Crippen molar-refractivity contribution in [2.24, 2.45) is 5.92 Å². The third kappa shape index (κ3) is 3.86. The fraction of sp³-hybridized carbons (Fsp3) is 0.526. The van der Waals surface area contributed by atoms with Crippen LogP contribution in [-0.4, -0.2) is 37.8 Å². The second-order valence-corrected chi connectivity index (χ2v) is 6.46. The van der Waals surface area contributed by atoms with Crippen LogP contribution in [0.3, 0.4) is 0 Å². The van der Waals surface area contributed by atoms with E-state index in [4.69, 9.17) is 18.9 Å². The van der Waals surface area contributed by atoms with Gasteiger partial charge in [-0.05, 0) is 12.1 Å². The molecule has 4 unspecified atom stereocenters. The van der Waals surface area contributed by atoms with Crippen molar-refractivity contribution in [3.8, 4) is 5.75 Å². The lowest BCUT2D eigenvalue weighted by molar-refractivity contribution is -0.262. The van der Waals surface area contributed by atoms with Crippen molar-refractivity contribution in [1.82, 2.24) is 0 Å². The number of rotatable bonds is 5. The Morgan fingerprint density at radius 3 is 2.62 bits per heavy atom. The molecule has 130 valence electrons. The Balaban J connectivity index is 1.61. The van der Waals surface area contributed by atoms with Gasteiger partial charge in [0.05, 0.1) is 19.8 Å². The highest BCUT2D eigenvalue weighted by Crippen LogP contribution is 2.32. The Morgan fingerprint density at radius 2 is 1.96 bits per heavy atom. The van der Waals surface area contributed by atoms with Crippen molar-refractivity contribution in [3.05, 3.63) is 42.0 Å². The first kappa shape index (κ1) is 17.1. The zero-order valence-electron chi connectivity index (χ0n) is 14.3. The van der Waals surface area contributed by atoms with E-state index in [1.165, 1.54) is 0 Å². The summed E-state index contributed by atoms with van der Waals surface area (Å²) in [5, 5.41) is 0. The van der Waals surface area contributed by atoms with Gasteiger partial charge in [-0.15, -0.1) is 0 Å². The molecule has 2 aliphatic rings. The number of carbonyl (C=O) groups excluding carboxylic acids is 1. The minimum absolute atomic E-state index is 0.0260. The van der Waals surface area contributed by atoms with Gasteiger partial charge in [0, 0.05) is 17.9 Å². The zero-order valence-corrected chi connectivity index (χ0v) is 14.3. The maximum atomic E-state index is 11.9. The van der Waals surface area contributed by atoms with Gasteiger partial charge in [-0.25, -0.2) is 0 Å². The molecule has 0 saturated carbocycles.